The second-order valence-electron chi connectivity index (χ2n) is 18.2. The lowest BCUT2D eigenvalue weighted by atomic mass is 9.41. The zero-order chi connectivity index (χ0) is 40.3. The third-order valence-corrected chi connectivity index (χ3v) is 13.4. The molecule has 1 aliphatic rings. The number of carbonyl (C=O) groups is 4. The maximum atomic E-state index is 14.2. The van der Waals surface area contributed by atoms with E-state index in [0.717, 1.165) is 51.4 Å². The van der Waals surface area contributed by atoms with E-state index in [1.165, 1.54) is 77.0 Å². The molecule has 9 heteroatoms. The van der Waals surface area contributed by atoms with Crippen molar-refractivity contribution in [3.8, 4) is 0 Å². The highest BCUT2D eigenvalue weighted by molar-refractivity contribution is 6.20. The third kappa shape index (κ3) is 12.4. The van der Waals surface area contributed by atoms with Crippen LogP contribution < -0.4 is 0 Å². The van der Waals surface area contributed by atoms with Crippen LogP contribution >= 0.6 is 0 Å². The molecular formula is C44H81NO8. The number of nitrogens with zero attached hydrogens (tertiary/aromatic N) is 1. The molecule has 0 aromatic rings. The van der Waals surface area contributed by atoms with Crippen LogP contribution in [0.2, 0.25) is 0 Å². The molecule has 0 amide bonds. The van der Waals surface area contributed by atoms with Crippen molar-refractivity contribution < 1.29 is 39.6 Å². The van der Waals surface area contributed by atoms with Gasteiger partial charge in [0.05, 0.1) is 0 Å². The first-order valence-electron chi connectivity index (χ1n) is 21.5. The summed E-state index contributed by atoms with van der Waals surface area (Å²) >= 11 is 0. The summed E-state index contributed by atoms with van der Waals surface area (Å²) in [6.07, 6.45) is 24.7. The Bertz CT molecular complexity index is 1040. The van der Waals surface area contributed by atoms with Gasteiger partial charge in [-0.3, -0.25) is 24.1 Å². The fourth-order valence-corrected chi connectivity index (χ4v) is 10.2. The average Bonchev–Trinajstić information content (AvgIpc) is 3.06. The summed E-state index contributed by atoms with van der Waals surface area (Å²) in [5.41, 5.74) is -8.95. The standard InChI is InChI=1S/C44H81NO8/c1-9-11-13-15-17-19-21-23-25-27-29-31-42(7,32-30-28-26-24-22-20-18-16-14-12-10-2)44(39(52)53,43(36(46)47,37(48)49)38(50)51)35-33-40(3,4)45(8)41(5,6)34-35/h35H,9-34H2,1-8H3,(H,46,47)(H,48,49)(H,50,51)(H,52,53). The quantitative estimate of drug-likeness (QED) is 0.0400. The monoisotopic (exact) mass is 752 g/mol. The summed E-state index contributed by atoms with van der Waals surface area (Å²) < 4.78 is 0. The Labute approximate surface area is 323 Å². The molecule has 1 aliphatic heterocycles. The van der Waals surface area contributed by atoms with Gasteiger partial charge < -0.3 is 20.4 Å². The highest BCUT2D eigenvalue weighted by atomic mass is 16.4. The Morgan fingerprint density at radius 3 is 1.02 bits per heavy atom. The zero-order valence-corrected chi connectivity index (χ0v) is 35.3. The van der Waals surface area contributed by atoms with Gasteiger partial charge in [0.25, 0.3) is 5.41 Å². The molecule has 4 N–H and O–H groups in total. The van der Waals surface area contributed by atoms with Crippen LogP contribution in [0, 0.1) is 22.2 Å². The highest BCUT2D eigenvalue weighted by Crippen LogP contribution is 2.65. The topological polar surface area (TPSA) is 152 Å². The maximum Gasteiger partial charge on any atom is 0.334 e. The summed E-state index contributed by atoms with van der Waals surface area (Å²) in [6, 6.07) is 0. The molecule has 53 heavy (non-hydrogen) atoms. The van der Waals surface area contributed by atoms with E-state index in [1.807, 2.05) is 34.7 Å². The van der Waals surface area contributed by atoms with Crippen molar-refractivity contribution in [1.29, 1.82) is 0 Å². The summed E-state index contributed by atoms with van der Waals surface area (Å²) in [5, 5.41) is 44.1. The molecule has 1 heterocycles. The Kier molecular flexibility index (Phi) is 21.2. The number of aliphatic carboxylic acids is 4. The first-order valence-corrected chi connectivity index (χ1v) is 21.5. The summed E-state index contributed by atoms with van der Waals surface area (Å²) in [5.74, 6) is -9.00. The van der Waals surface area contributed by atoms with E-state index in [-0.39, 0.29) is 25.7 Å². The van der Waals surface area contributed by atoms with Crippen molar-refractivity contribution in [3.05, 3.63) is 0 Å². The molecule has 1 saturated heterocycles. The molecule has 1 fully saturated rings. The second kappa shape index (κ2) is 23.0. The van der Waals surface area contributed by atoms with Gasteiger partial charge >= 0.3 is 23.9 Å². The van der Waals surface area contributed by atoms with Crippen molar-refractivity contribution in [2.24, 2.45) is 22.2 Å². The van der Waals surface area contributed by atoms with E-state index in [0.29, 0.717) is 12.8 Å². The number of carboxylic acid groups (broad SMARTS) is 4. The first kappa shape index (κ1) is 48.9. The minimum absolute atomic E-state index is 0.154. The molecule has 0 bridgehead atoms. The lowest BCUT2D eigenvalue weighted by molar-refractivity contribution is -0.226. The van der Waals surface area contributed by atoms with Crippen LogP contribution in [0.3, 0.4) is 0 Å². The first-order chi connectivity index (χ1) is 24.9. The predicted molar refractivity (Wildman–Crippen MR) is 214 cm³/mol. The Balaban J connectivity index is 3.55. The summed E-state index contributed by atoms with van der Waals surface area (Å²) in [7, 11) is 1.94. The van der Waals surface area contributed by atoms with E-state index >= 15 is 0 Å². The fourth-order valence-electron chi connectivity index (χ4n) is 10.2. The van der Waals surface area contributed by atoms with E-state index in [2.05, 4.69) is 18.7 Å². The fraction of sp³-hybridized carbons (Fsp3) is 0.909. The molecule has 0 aliphatic carbocycles. The van der Waals surface area contributed by atoms with E-state index in [1.54, 1.807) is 6.92 Å². The highest BCUT2D eigenvalue weighted by Gasteiger charge is 2.80. The molecule has 310 valence electrons. The van der Waals surface area contributed by atoms with E-state index < -0.39 is 57.1 Å². The molecule has 0 saturated carbocycles. The number of carboxylic acids is 4. The van der Waals surface area contributed by atoms with Crippen LogP contribution in [-0.2, 0) is 19.2 Å². The van der Waals surface area contributed by atoms with Gasteiger partial charge in [-0.15, -0.1) is 0 Å². The molecule has 9 nitrogen and oxygen atoms in total. The SMILES string of the molecule is CCCCCCCCCCCCCC(C)(CCCCCCCCCCCCC)C(C(=O)O)(C1CC(C)(C)N(C)C(C)(C)C1)C(C(=O)O)(C(=O)O)C(=O)O. The van der Waals surface area contributed by atoms with Gasteiger partial charge in [-0.1, -0.05) is 162 Å². The number of hydrogen-bond donors (Lipinski definition) is 4. The summed E-state index contributed by atoms with van der Waals surface area (Å²) in [6.45, 7) is 13.9. The van der Waals surface area contributed by atoms with Crippen molar-refractivity contribution in [2.75, 3.05) is 7.05 Å². The molecule has 0 aromatic carbocycles. The Morgan fingerprint density at radius 2 is 0.774 bits per heavy atom. The number of piperidine rings is 1. The lowest BCUT2D eigenvalue weighted by Gasteiger charge is -2.62. The molecule has 1 rings (SSSR count). The molecule has 0 radical (unpaired) electrons. The van der Waals surface area contributed by atoms with Crippen LogP contribution in [0.4, 0.5) is 0 Å². The van der Waals surface area contributed by atoms with Crippen LogP contribution in [0.1, 0.15) is 215 Å². The Hall–Kier alpha value is -2.16. The predicted octanol–water partition coefficient (Wildman–Crippen LogP) is 11.6. The van der Waals surface area contributed by atoms with Gasteiger partial charge in [-0.25, -0.2) is 0 Å². The summed E-state index contributed by atoms with van der Waals surface area (Å²) in [4.78, 5) is 56.6. The minimum Gasteiger partial charge on any atom is -0.481 e. The average molecular weight is 752 g/mol. The van der Waals surface area contributed by atoms with Crippen molar-refractivity contribution in [2.45, 2.75) is 226 Å². The largest absolute Gasteiger partial charge is 0.481 e. The van der Waals surface area contributed by atoms with E-state index in [4.69, 9.17) is 0 Å². The zero-order valence-electron chi connectivity index (χ0n) is 35.3. The van der Waals surface area contributed by atoms with Crippen molar-refractivity contribution in [1.82, 2.24) is 4.90 Å². The Morgan fingerprint density at radius 1 is 0.509 bits per heavy atom. The number of likely N-dealkylation sites (tertiary alicyclic amines) is 1. The van der Waals surface area contributed by atoms with Crippen molar-refractivity contribution in [3.63, 3.8) is 0 Å². The van der Waals surface area contributed by atoms with Gasteiger partial charge in [-0.2, -0.15) is 0 Å². The van der Waals surface area contributed by atoms with Crippen LogP contribution in [-0.4, -0.2) is 67.3 Å². The van der Waals surface area contributed by atoms with Crippen LogP contribution in [0.5, 0.6) is 0 Å². The van der Waals surface area contributed by atoms with Gasteiger partial charge in [0.1, 0.15) is 5.41 Å². The molecule has 1 unspecified atom stereocenters. The number of unbranched alkanes of at least 4 members (excludes halogenated alkanes) is 20. The van der Waals surface area contributed by atoms with Gasteiger partial charge in [-0.05, 0) is 71.8 Å². The van der Waals surface area contributed by atoms with Crippen molar-refractivity contribution >= 4 is 23.9 Å². The van der Waals surface area contributed by atoms with Crippen LogP contribution in [0.25, 0.3) is 0 Å². The van der Waals surface area contributed by atoms with E-state index in [9.17, 15) is 39.6 Å². The smallest absolute Gasteiger partial charge is 0.334 e. The second-order valence-corrected chi connectivity index (χ2v) is 18.2. The molecule has 0 spiro atoms. The minimum atomic E-state index is -3.59. The molecular weight excluding hydrogens is 670 g/mol. The number of hydrogen-bond acceptors (Lipinski definition) is 5. The molecule has 1 atom stereocenters. The van der Waals surface area contributed by atoms with Crippen LogP contribution in [0.15, 0.2) is 0 Å². The molecule has 0 aromatic heterocycles. The number of rotatable bonds is 31. The normalized spacial score (nSPS) is 17.7. The van der Waals surface area contributed by atoms with Gasteiger partial charge in [0.2, 0.25) is 0 Å². The third-order valence-electron chi connectivity index (χ3n) is 13.4. The maximum absolute atomic E-state index is 14.2. The van der Waals surface area contributed by atoms with Gasteiger partial charge in [0.15, 0.2) is 0 Å². The lowest BCUT2D eigenvalue weighted by Crippen LogP contribution is -2.73. The van der Waals surface area contributed by atoms with Gasteiger partial charge in [0, 0.05) is 11.1 Å².